The number of carbonyl (C=O) groups is 3. The fraction of sp³-hybridized carbons (Fsp3) is 0.667. The van der Waals surface area contributed by atoms with Gasteiger partial charge < -0.3 is 14.2 Å². The Labute approximate surface area is 500 Å². The zero-order valence-electron chi connectivity index (χ0n) is 52.8. The minimum Gasteiger partial charge on any atom is -0.462 e. The van der Waals surface area contributed by atoms with Crippen LogP contribution in [0.25, 0.3) is 0 Å². The van der Waals surface area contributed by atoms with Crippen LogP contribution in [0.15, 0.2) is 134 Å². The summed E-state index contributed by atoms with van der Waals surface area (Å²) in [6, 6.07) is 0. The molecule has 0 heterocycles. The van der Waals surface area contributed by atoms with Gasteiger partial charge in [-0.1, -0.05) is 302 Å². The van der Waals surface area contributed by atoms with Gasteiger partial charge in [0.05, 0.1) is 0 Å². The maximum absolute atomic E-state index is 12.9. The molecule has 0 rings (SSSR count). The third-order valence-corrected chi connectivity index (χ3v) is 14.2. The summed E-state index contributed by atoms with van der Waals surface area (Å²) in [5.41, 5.74) is 0. The van der Waals surface area contributed by atoms with E-state index in [9.17, 15) is 14.4 Å². The van der Waals surface area contributed by atoms with Crippen molar-refractivity contribution in [1.29, 1.82) is 0 Å². The Hall–Kier alpha value is -4.45. The van der Waals surface area contributed by atoms with Crippen molar-refractivity contribution in [3.63, 3.8) is 0 Å². The molecule has 0 saturated heterocycles. The van der Waals surface area contributed by atoms with E-state index in [0.29, 0.717) is 19.3 Å². The molecule has 0 aromatic carbocycles. The maximum Gasteiger partial charge on any atom is 0.306 e. The van der Waals surface area contributed by atoms with Gasteiger partial charge >= 0.3 is 17.9 Å². The van der Waals surface area contributed by atoms with Crippen molar-refractivity contribution in [2.75, 3.05) is 13.2 Å². The van der Waals surface area contributed by atoms with Crippen LogP contribution in [-0.2, 0) is 28.6 Å². The molecule has 0 saturated carbocycles. The van der Waals surface area contributed by atoms with Crippen LogP contribution in [0, 0.1) is 0 Å². The number of hydrogen-bond donors (Lipinski definition) is 0. The average molecular weight is 1120 g/mol. The highest BCUT2D eigenvalue weighted by Gasteiger charge is 2.19. The predicted octanol–water partition coefficient (Wildman–Crippen LogP) is 23.3. The Balaban J connectivity index is 4.16. The molecule has 6 heteroatoms. The van der Waals surface area contributed by atoms with Gasteiger partial charge in [-0.3, -0.25) is 14.4 Å². The topological polar surface area (TPSA) is 78.9 Å². The summed E-state index contributed by atoms with van der Waals surface area (Å²) in [6.07, 6.45) is 96.4. The molecule has 0 bridgehead atoms. The van der Waals surface area contributed by atoms with E-state index in [1.165, 1.54) is 116 Å². The first kappa shape index (κ1) is 76.5. The van der Waals surface area contributed by atoms with Crippen molar-refractivity contribution >= 4 is 17.9 Å². The van der Waals surface area contributed by atoms with Crippen LogP contribution in [0.5, 0.6) is 0 Å². The number of hydrogen-bond acceptors (Lipinski definition) is 6. The zero-order chi connectivity index (χ0) is 58.5. The quantitative estimate of drug-likeness (QED) is 0.0261. The van der Waals surface area contributed by atoms with Crippen molar-refractivity contribution in [1.82, 2.24) is 0 Å². The molecule has 0 spiro atoms. The highest BCUT2D eigenvalue weighted by Crippen LogP contribution is 2.16. The lowest BCUT2D eigenvalue weighted by molar-refractivity contribution is -0.167. The fourth-order valence-electron chi connectivity index (χ4n) is 9.18. The smallest absolute Gasteiger partial charge is 0.306 e. The minimum atomic E-state index is -0.790. The van der Waals surface area contributed by atoms with Gasteiger partial charge in [-0.15, -0.1) is 0 Å². The maximum atomic E-state index is 12.9. The average Bonchev–Trinajstić information content (AvgIpc) is 3.46. The van der Waals surface area contributed by atoms with Gasteiger partial charge in [0.1, 0.15) is 13.2 Å². The monoisotopic (exact) mass is 1120 g/mol. The summed E-state index contributed by atoms with van der Waals surface area (Å²) >= 11 is 0. The summed E-state index contributed by atoms with van der Waals surface area (Å²) in [4.78, 5) is 38.2. The van der Waals surface area contributed by atoms with E-state index in [0.717, 1.165) is 148 Å². The first-order valence-corrected chi connectivity index (χ1v) is 33.7. The lowest BCUT2D eigenvalue weighted by atomic mass is 10.0. The first-order chi connectivity index (χ1) is 40.0. The number of unbranched alkanes of at least 4 members (excludes halogenated alkanes) is 27. The van der Waals surface area contributed by atoms with Crippen LogP contribution in [-0.4, -0.2) is 37.2 Å². The van der Waals surface area contributed by atoms with E-state index in [4.69, 9.17) is 14.2 Å². The van der Waals surface area contributed by atoms with Crippen LogP contribution in [0.1, 0.15) is 303 Å². The minimum absolute atomic E-state index is 0.0867. The van der Waals surface area contributed by atoms with Crippen LogP contribution in [0.3, 0.4) is 0 Å². The van der Waals surface area contributed by atoms with Crippen molar-refractivity contribution in [2.45, 2.75) is 309 Å². The van der Waals surface area contributed by atoms with E-state index in [1.807, 2.05) is 0 Å². The molecule has 460 valence electrons. The fourth-order valence-corrected chi connectivity index (χ4v) is 9.18. The van der Waals surface area contributed by atoms with E-state index in [1.54, 1.807) is 0 Å². The number of carbonyl (C=O) groups excluding carboxylic acids is 3. The summed E-state index contributed by atoms with van der Waals surface area (Å²) in [6.45, 7) is 6.37. The Kier molecular flexibility index (Phi) is 64.3. The van der Waals surface area contributed by atoms with Crippen LogP contribution in [0.2, 0.25) is 0 Å². The molecule has 0 aliphatic heterocycles. The molecule has 0 amide bonds. The molecule has 0 aliphatic carbocycles. The van der Waals surface area contributed by atoms with Crippen molar-refractivity contribution < 1.29 is 28.6 Å². The van der Waals surface area contributed by atoms with Gasteiger partial charge in [0, 0.05) is 19.3 Å². The Morgan fingerprint density at radius 3 is 0.753 bits per heavy atom. The highest BCUT2D eigenvalue weighted by atomic mass is 16.6. The standard InChI is InChI=1S/C75H124O6/c1-4-7-10-13-16-18-20-22-24-26-28-30-32-34-36-37-39-40-42-44-46-48-50-52-54-56-59-62-65-68-74(77)80-71-72(70-79-73(76)67-64-61-58-15-12-9-6-3)81-75(78)69-66-63-60-57-55-53-51-49-47-45-43-41-38-35-33-31-29-27-25-23-21-19-17-14-11-8-5-2/h7-8,10-11,16-19,22-25,28-31,35,38,43,45,49,51,72H,4-6,9,12-15,20-21,26-27,32-34,36-37,39-42,44,46-48,50,52-71H2,1-3H3/b10-7-,11-8-,18-16-,19-17-,24-22-,25-23-,30-28-,31-29-,38-35-,45-43-,51-49-. The number of ether oxygens (including phenoxy) is 3. The molecule has 81 heavy (non-hydrogen) atoms. The van der Waals surface area contributed by atoms with Gasteiger partial charge in [0.25, 0.3) is 0 Å². The third-order valence-electron chi connectivity index (χ3n) is 14.2. The Morgan fingerprint density at radius 2 is 0.481 bits per heavy atom. The summed E-state index contributed by atoms with van der Waals surface area (Å²) in [7, 11) is 0. The van der Waals surface area contributed by atoms with E-state index in [-0.39, 0.29) is 31.1 Å². The van der Waals surface area contributed by atoms with E-state index < -0.39 is 6.10 Å². The Morgan fingerprint density at radius 1 is 0.259 bits per heavy atom. The summed E-state index contributed by atoms with van der Waals surface area (Å²) in [5.74, 6) is -0.907. The SMILES string of the molecule is CC/C=C\C/C=C\C/C=C\C/C=C\C/C=C\C/C=C\C/C=C\CCCCCCCC(=O)OC(COC(=O)CCCCCCCCC)COC(=O)CCCCCCCCCCCCCCCCCC/C=C\C/C=C\C/C=C\C/C=C\CC. The second-order valence-electron chi connectivity index (χ2n) is 22.0. The molecule has 0 N–H and O–H groups in total. The normalized spacial score (nSPS) is 13.0. The zero-order valence-corrected chi connectivity index (χ0v) is 52.8. The second kappa shape index (κ2) is 68.1. The lowest BCUT2D eigenvalue weighted by Crippen LogP contribution is -2.30. The molecule has 1 atom stereocenters. The summed E-state index contributed by atoms with van der Waals surface area (Å²) in [5, 5.41) is 0. The van der Waals surface area contributed by atoms with Crippen molar-refractivity contribution in [2.24, 2.45) is 0 Å². The molecule has 6 nitrogen and oxygen atoms in total. The van der Waals surface area contributed by atoms with Gasteiger partial charge in [-0.2, -0.15) is 0 Å². The molecular formula is C75H124O6. The number of rotatable bonds is 60. The van der Waals surface area contributed by atoms with Crippen LogP contribution < -0.4 is 0 Å². The van der Waals surface area contributed by atoms with Crippen molar-refractivity contribution in [3.8, 4) is 0 Å². The number of esters is 3. The predicted molar refractivity (Wildman–Crippen MR) is 353 cm³/mol. The Bertz CT molecular complexity index is 1720. The van der Waals surface area contributed by atoms with Crippen LogP contribution in [0.4, 0.5) is 0 Å². The van der Waals surface area contributed by atoms with E-state index >= 15 is 0 Å². The van der Waals surface area contributed by atoms with Crippen molar-refractivity contribution in [3.05, 3.63) is 134 Å². The largest absolute Gasteiger partial charge is 0.462 e. The van der Waals surface area contributed by atoms with Gasteiger partial charge in [-0.25, -0.2) is 0 Å². The molecule has 0 aliphatic rings. The van der Waals surface area contributed by atoms with Gasteiger partial charge in [0.15, 0.2) is 6.10 Å². The van der Waals surface area contributed by atoms with Gasteiger partial charge in [0.2, 0.25) is 0 Å². The van der Waals surface area contributed by atoms with Crippen LogP contribution >= 0.6 is 0 Å². The molecular weight excluding hydrogens is 997 g/mol. The lowest BCUT2D eigenvalue weighted by Gasteiger charge is -2.18. The second-order valence-corrected chi connectivity index (χ2v) is 22.0. The molecule has 1 unspecified atom stereocenters. The third kappa shape index (κ3) is 66.2. The van der Waals surface area contributed by atoms with Gasteiger partial charge in [-0.05, 0) is 116 Å². The molecule has 0 aromatic rings. The molecule has 0 fully saturated rings. The summed E-state index contributed by atoms with van der Waals surface area (Å²) < 4.78 is 16.8. The molecule has 0 aromatic heterocycles. The van der Waals surface area contributed by atoms with E-state index in [2.05, 4.69) is 154 Å². The highest BCUT2D eigenvalue weighted by molar-refractivity contribution is 5.71. The number of allylic oxidation sites excluding steroid dienone is 22. The molecule has 0 radical (unpaired) electrons. The first-order valence-electron chi connectivity index (χ1n) is 33.7.